The zero-order valence-electron chi connectivity index (χ0n) is 14.0. The van der Waals surface area contributed by atoms with Crippen LogP contribution in [-0.4, -0.2) is 27.0 Å². The van der Waals surface area contributed by atoms with Gasteiger partial charge in [-0.1, -0.05) is 23.2 Å². The van der Waals surface area contributed by atoms with Gasteiger partial charge in [-0.05, 0) is 36.4 Å². The number of furan rings is 1. The molecule has 0 unspecified atom stereocenters. The molecule has 6 nitrogen and oxygen atoms in total. The Morgan fingerprint density at radius 1 is 1.15 bits per heavy atom. The van der Waals surface area contributed by atoms with Gasteiger partial charge in [0.2, 0.25) is 0 Å². The van der Waals surface area contributed by atoms with Gasteiger partial charge in [0.1, 0.15) is 11.5 Å². The first-order valence-electron chi connectivity index (χ1n) is 8.23. The second-order valence-corrected chi connectivity index (χ2v) is 6.67. The number of aromatic nitrogens is 3. The number of hydrogen-bond acceptors (Lipinski definition) is 4. The lowest BCUT2D eigenvalue weighted by molar-refractivity contribution is 0.0948. The topological polar surface area (TPSA) is 72.4 Å². The van der Waals surface area contributed by atoms with Crippen molar-refractivity contribution in [3.63, 3.8) is 0 Å². The maximum atomic E-state index is 12.2. The van der Waals surface area contributed by atoms with Crippen LogP contribution in [0.3, 0.4) is 0 Å². The quantitative estimate of drug-likeness (QED) is 0.542. The first-order valence-corrected chi connectivity index (χ1v) is 8.98. The summed E-state index contributed by atoms with van der Waals surface area (Å²) < 4.78 is 7.38. The standard InChI is InChI=1S/C19H14Cl2N4O2/c20-14-4-2-12(10-15(14)21)17-5-3-13(27-17)6-8-23-19(26)16-11-18-22-7-1-9-25(18)24-16/h1-5,7,9-11H,6,8H2,(H,23,26). The van der Waals surface area contributed by atoms with Crippen molar-refractivity contribution in [1.82, 2.24) is 19.9 Å². The lowest BCUT2D eigenvalue weighted by Crippen LogP contribution is -2.26. The number of carbonyl (C=O) groups excluding carboxylic acids is 1. The first-order chi connectivity index (χ1) is 13.1. The van der Waals surface area contributed by atoms with E-state index in [0.717, 1.165) is 11.3 Å². The Morgan fingerprint density at radius 2 is 2.04 bits per heavy atom. The number of halogens is 2. The molecular weight excluding hydrogens is 387 g/mol. The predicted molar refractivity (Wildman–Crippen MR) is 103 cm³/mol. The molecule has 4 rings (SSSR count). The highest BCUT2D eigenvalue weighted by Crippen LogP contribution is 2.29. The van der Waals surface area contributed by atoms with Crippen LogP contribution in [0.1, 0.15) is 16.2 Å². The smallest absolute Gasteiger partial charge is 0.271 e. The summed E-state index contributed by atoms with van der Waals surface area (Å²) in [5.41, 5.74) is 1.79. The Morgan fingerprint density at radius 3 is 2.85 bits per heavy atom. The summed E-state index contributed by atoms with van der Waals surface area (Å²) in [7, 11) is 0. The van der Waals surface area contributed by atoms with Gasteiger partial charge in [-0.2, -0.15) is 5.10 Å². The van der Waals surface area contributed by atoms with Crippen LogP contribution in [0.5, 0.6) is 0 Å². The maximum Gasteiger partial charge on any atom is 0.271 e. The van der Waals surface area contributed by atoms with Gasteiger partial charge in [0, 0.05) is 37.0 Å². The van der Waals surface area contributed by atoms with Crippen molar-refractivity contribution >= 4 is 34.8 Å². The Balaban J connectivity index is 1.37. The number of rotatable bonds is 5. The van der Waals surface area contributed by atoms with E-state index in [1.165, 1.54) is 0 Å². The number of nitrogens with one attached hydrogen (secondary N) is 1. The van der Waals surface area contributed by atoms with Crippen molar-refractivity contribution in [3.05, 3.63) is 76.4 Å². The van der Waals surface area contributed by atoms with E-state index in [-0.39, 0.29) is 5.91 Å². The van der Waals surface area contributed by atoms with E-state index < -0.39 is 0 Å². The molecule has 0 radical (unpaired) electrons. The van der Waals surface area contributed by atoms with Gasteiger partial charge in [-0.3, -0.25) is 4.79 Å². The molecule has 0 aliphatic heterocycles. The number of hydrogen-bond donors (Lipinski definition) is 1. The van der Waals surface area contributed by atoms with E-state index in [1.807, 2.05) is 18.2 Å². The molecule has 4 aromatic rings. The second kappa shape index (κ2) is 7.42. The highest BCUT2D eigenvalue weighted by atomic mass is 35.5. The fraction of sp³-hybridized carbons (Fsp3) is 0.105. The van der Waals surface area contributed by atoms with Gasteiger partial charge in [0.15, 0.2) is 11.3 Å². The Kier molecular flexibility index (Phi) is 4.83. The summed E-state index contributed by atoms with van der Waals surface area (Å²) >= 11 is 12.0. The van der Waals surface area contributed by atoms with Crippen molar-refractivity contribution in [2.45, 2.75) is 6.42 Å². The summed E-state index contributed by atoms with van der Waals surface area (Å²) in [5.74, 6) is 1.20. The van der Waals surface area contributed by atoms with Gasteiger partial charge in [0.05, 0.1) is 10.0 Å². The third-order valence-corrected chi connectivity index (χ3v) is 4.73. The monoisotopic (exact) mass is 400 g/mol. The molecule has 0 aliphatic rings. The maximum absolute atomic E-state index is 12.2. The van der Waals surface area contributed by atoms with Crippen molar-refractivity contribution in [2.24, 2.45) is 0 Å². The third kappa shape index (κ3) is 3.82. The predicted octanol–water partition coefficient (Wildman–Crippen LogP) is 4.27. The van der Waals surface area contributed by atoms with Crippen LogP contribution >= 0.6 is 23.2 Å². The molecule has 0 bridgehead atoms. The molecule has 0 fully saturated rings. The van der Waals surface area contributed by atoms with Crippen LogP contribution in [0.2, 0.25) is 10.0 Å². The minimum Gasteiger partial charge on any atom is -0.461 e. The molecule has 0 saturated carbocycles. The molecule has 136 valence electrons. The SMILES string of the molecule is O=C(NCCc1ccc(-c2ccc(Cl)c(Cl)c2)o1)c1cc2ncccn2n1. The molecular formula is C19H14Cl2N4O2. The second-order valence-electron chi connectivity index (χ2n) is 5.85. The summed E-state index contributed by atoms with van der Waals surface area (Å²) in [6.45, 7) is 0.425. The Hall–Kier alpha value is -2.83. The molecule has 0 saturated heterocycles. The van der Waals surface area contributed by atoms with Gasteiger partial charge in [-0.25, -0.2) is 9.50 Å². The summed E-state index contributed by atoms with van der Waals surface area (Å²) in [4.78, 5) is 16.4. The van der Waals surface area contributed by atoms with Gasteiger partial charge >= 0.3 is 0 Å². The molecule has 27 heavy (non-hydrogen) atoms. The zero-order valence-corrected chi connectivity index (χ0v) is 15.5. The summed E-state index contributed by atoms with van der Waals surface area (Å²) in [6.07, 6.45) is 3.95. The van der Waals surface area contributed by atoms with Crippen LogP contribution in [0.4, 0.5) is 0 Å². The van der Waals surface area contributed by atoms with E-state index in [4.69, 9.17) is 27.6 Å². The highest BCUT2D eigenvalue weighted by molar-refractivity contribution is 6.42. The van der Waals surface area contributed by atoms with Crippen LogP contribution in [-0.2, 0) is 6.42 Å². The molecule has 1 N–H and O–H groups in total. The van der Waals surface area contributed by atoms with E-state index in [2.05, 4.69) is 15.4 Å². The van der Waals surface area contributed by atoms with Crippen LogP contribution in [0.25, 0.3) is 17.0 Å². The molecule has 0 atom stereocenters. The lowest BCUT2D eigenvalue weighted by atomic mass is 10.2. The average molecular weight is 401 g/mol. The van der Waals surface area contributed by atoms with Crippen molar-refractivity contribution in [3.8, 4) is 11.3 Å². The molecule has 0 aliphatic carbocycles. The average Bonchev–Trinajstić information content (AvgIpc) is 3.31. The minimum atomic E-state index is -0.253. The minimum absolute atomic E-state index is 0.253. The number of amides is 1. The highest BCUT2D eigenvalue weighted by Gasteiger charge is 2.12. The normalized spacial score (nSPS) is 11.0. The molecule has 1 amide bonds. The van der Waals surface area contributed by atoms with Gasteiger partial charge in [0.25, 0.3) is 5.91 Å². The van der Waals surface area contributed by atoms with E-state index in [1.54, 1.807) is 41.2 Å². The van der Waals surface area contributed by atoms with Gasteiger partial charge < -0.3 is 9.73 Å². The largest absolute Gasteiger partial charge is 0.461 e. The number of fused-ring (bicyclic) bond motifs is 1. The van der Waals surface area contributed by atoms with Crippen LogP contribution in [0.15, 0.2) is 59.3 Å². The first kappa shape index (κ1) is 17.6. The van der Waals surface area contributed by atoms with Gasteiger partial charge in [-0.15, -0.1) is 0 Å². The Labute approximate surface area is 164 Å². The lowest BCUT2D eigenvalue weighted by Gasteiger charge is -2.02. The number of nitrogens with zero attached hydrogens (tertiary/aromatic N) is 3. The van der Waals surface area contributed by atoms with E-state index in [0.29, 0.717) is 40.1 Å². The molecule has 1 aromatic carbocycles. The van der Waals surface area contributed by atoms with Crippen molar-refractivity contribution in [2.75, 3.05) is 6.54 Å². The zero-order chi connectivity index (χ0) is 18.8. The molecule has 3 aromatic heterocycles. The molecule has 8 heteroatoms. The molecule has 0 spiro atoms. The fourth-order valence-corrected chi connectivity index (χ4v) is 2.95. The fourth-order valence-electron chi connectivity index (χ4n) is 2.65. The Bertz CT molecular complexity index is 1090. The van der Waals surface area contributed by atoms with Crippen LogP contribution < -0.4 is 5.32 Å². The number of carbonyl (C=O) groups is 1. The van der Waals surface area contributed by atoms with E-state index >= 15 is 0 Å². The van der Waals surface area contributed by atoms with Crippen molar-refractivity contribution < 1.29 is 9.21 Å². The van der Waals surface area contributed by atoms with E-state index in [9.17, 15) is 4.79 Å². The third-order valence-electron chi connectivity index (χ3n) is 3.99. The van der Waals surface area contributed by atoms with Crippen LogP contribution in [0, 0.1) is 0 Å². The summed E-state index contributed by atoms with van der Waals surface area (Å²) in [5, 5.41) is 8.00. The number of benzene rings is 1. The van der Waals surface area contributed by atoms with Crippen molar-refractivity contribution in [1.29, 1.82) is 0 Å². The molecule has 3 heterocycles. The summed E-state index contributed by atoms with van der Waals surface area (Å²) in [6, 6.07) is 12.5.